The molecule has 0 aliphatic carbocycles. The predicted octanol–water partition coefficient (Wildman–Crippen LogP) is 1.79. The molecule has 4 heteroatoms. The highest BCUT2D eigenvalue weighted by Gasteiger charge is 2.13. The van der Waals surface area contributed by atoms with Gasteiger partial charge in [-0.1, -0.05) is 6.58 Å². The third-order valence-electron chi connectivity index (χ3n) is 1.28. The summed E-state index contributed by atoms with van der Waals surface area (Å²) >= 11 is 0. The molecule has 1 unspecified atom stereocenters. The van der Waals surface area contributed by atoms with Crippen molar-refractivity contribution < 1.29 is 19.0 Å². The zero-order valence-corrected chi connectivity index (χ0v) is 10.1. The number of hydrogen-bond donors (Lipinski definition) is 0. The van der Waals surface area contributed by atoms with Gasteiger partial charge in [-0.15, -0.1) is 0 Å². The second-order valence-corrected chi connectivity index (χ2v) is 2.65. The van der Waals surface area contributed by atoms with Crippen molar-refractivity contribution in [3.8, 4) is 0 Å². The molecule has 15 heavy (non-hydrogen) atoms. The number of ether oxygens (including phenoxy) is 3. The molecule has 1 aliphatic heterocycles. The quantitative estimate of drug-likeness (QED) is 0.411. The lowest BCUT2D eigenvalue weighted by atomic mass is 10.6. The molecule has 0 radical (unpaired) electrons. The van der Waals surface area contributed by atoms with E-state index < -0.39 is 5.97 Å². The predicted molar refractivity (Wildman–Crippen MR) is 59.8 cm³/mol. The summed E-state index contributed by atoms with van der Waals surface area (Å²) in [6, 6.07) is 0. The molecule has 0 aromatic rings. The van der Waals surface area contributed by atoms with Gasteiger partial charge in [-0.25, -0.2) is 4.79 Å². The minimum absolute atomic E-state index is 0.394. The van der Waals surface area contributed by atoms with Gasteiger partial charge in [0.15, 0.2) is 0 Å². The van der Waals surface area contributed by atoms with Crippen molar-refractivity contribution in [2.24, 2.45) is 0 Å². The monoisotopic (exact) mass is 218 g/mol. The van der Waals surface area contributed by atoms with E-state index in [-0.39, 0.29) is 0 Å². The minimum atomic E-state index is -0.394. The molecule has 1 atom stereocenters. The van der Waals surface area contributed by atoms with Crippen molar-refractivity contribution in [3.63, 3.8) is 0 Å². The Kier molecular flexibility index (Phi) is 14.5. The van der Waals surface area contributed by atoms with Gasteiger partial charge in [0.2, 0.25) is 0 Å². The van der Waals surface area contributed by atoms with Gasteiger partial charge < -0.3 is 14.2 Å². The standard InChI is InChI=1S/C4H6O2.C4H10O.C3H6O/c1-3-4(5)6-2;1-3-5-4-2;1-3-2-4-3/h3H,1H2,2H3;3-4H2,1-2H3;3H,2H2,1H3. The summed E-state index contributed by atoms with van der Waals surface area (Å²) in [6.45, 7) is 11.9. The molecule has 0 aromatic heterocycles. The van der Waals surface area contributed by atoms with Crippen LogP contribution in [-0.2, 0) is 19.0 Å². The molecule has 1 aliphatic rings. The normalized spacial score (nSPS) is 16.1. The maximum Gasteiger partial charge on any atom is 0.329 e. The number of carbonyl (C=O) groups is 1. The molecule has 1 saturated heterocycles. The molecule has 0 amide bonds. The Hall–Kier alpha value is -0.870. The van der Waals surface area contributed by atoms with Gasteiger partial charge in [0.25, 0.3) is 0 Å². The van der Waals surface area contributed by atoms with E-state index in [0.717, 1.165) is 25.9 Å². The maximum absolute atomic E-state index is 9.84. The lowest BCUT2D eigenvalue weighted by Gasteiger charge is -1.86. The first-order chi connectivity index (χ1) is 7.12. The Morgan fingerprint density at radius 3 is 1.93 bits per heavy atom. The molecule has 0 aromatic carbocycles. The summed E-state index contributed by atoms with van der Waals surface area (Å²) in [7, 11) is 1.31. The van der Waals surface area contributed by atoms with Crippen LogP contribution >= 0.6 is 0 Å². The SMILES string of the molecule is C=CC(=O)OC.CC1CO1.CCOCC. The van der Waals surface area contributed by atoms with Crippen molar-refractivity contribution in [1.82, 2.24) is 0 Å². The van der Waals surface area contributed by atoms with Crippen molar-refractivity contribution in [3.05, 3.63) is 12.7 Å². The topological polar surface area (TPSA) is 48.1 Å². The van der Waals surface area contributed by atoms with Crippen molar-refractivity contribution >= 4 is 5.97 Å². The summed E-state index contributed by atoms with van der Waals surface area (Å²) in [5, 5.41) is 0. The molecule has 90 valence electrons. The summed E-state index contributed by atoms with van der Waals surface area (Å²) in [6.07, 6.45) is 1.69. The van der Waals surface area contributed by atoms with Crippen LogP contribution in [0.1, 0.15) is 20.8 Å². The summed E-state index contributed by atoms with van der Waals surface area (Å²) in [5.41, 5.74) is 0. The number of hydrogen-bond acceptors (Lipinski definition) is 4. The molecule has 1 heterocycles. The summed E-state index contributed by atoms with van der Waals surface area (Å²) in [4.78, 5) is 9.84. The van der Waals surface area contributed by atoms with Crippen LogP contribution in [0, 0.1) is 0 Å². The average molecular weight is 218 g/mol. The number of esters is 1. The molecule has 4 nitrogen and oxygen atoms in total. The maximum atomic E-state index is 9.84. The molecule has 0 N–H and O–H groups in total. The summed E-state index contributed by atoms with van der Waals surface area (Å²) < 4.78 is 13.7. The highest BCUT2D eigenvalue weighted by molar-refractivity contribution is 5.80. The minimum Gasteiger partial charge on any atom is -0.466 e. The lowest BCUT2D eigenvalue weighted by molar-refractivity contribution is -0.134. The zero-order chi connectivity index (χ0) is 12.1. The lowest BCUT2D eigenvalue weighted by Crippen LogP contribution is -1.91. The molecular formula is C11H22O4. The first-order valence-electron chi connectivity index (χ1n) is 5.01. The Bertz CT molecular complexity index is 151. The molecule has 0 bridgehead atoms. The molecule has 0 saturated carbocycles. The smallest absolute Gasteiger partial charge is 0.329 e. The van der Waals surface area contributed by atoms with Crippen molar-refractivity contribution in [2.75, 3.05) is 26.9 Å². The largest absolute Gasteiger partial charge is 0.466 e. The van der Waals surface area contributed by atoms with E-state index in [1.54, 1.807) is 0 Å². The fourth-order valence-electron chi connectivity index (χ4n) is 0.384. The van der Waals surface area contributed by atoms with Crippen LogP contribution in [0.3, 0.4) is 0 Å². The number of carbonyl (C=O) groups excluding carboxylic acids is 1. The van der Waals surface area contributed by atoms with Gasteiger partial charge in [-0.2, -0.15) is 0 Å². The van der Waals surface area contributed by atoms with E-state index in [0.29, 0.717) is 6.10 Å². The van der Waals surface area contributed by atoms with Gasteiger partial charge >= 0.3 is 5.97 Å². The highest BCUT2D eigenvalue weighted by atomic mass is 16.6. The van der Waals surface area contributed by atoms with Crippen LogP contribution in [0.15, 0.2) is 12.7 Å². The fourth-order valence-corrected chi connectivity index (χ4v) is 0.384. The number of methoxy groups -OCH3 is 1. The zero-order valence-electron chi connectivity index (χ0n) is 10.1. The molecular weight excluding hydrogens is 196 g/mol. The first kappa shape index (κ1) is 16.6. The number of rotatable bonds is 3. The van der Waals surface area contributed by atoms with Gasteiger partial charge in [0.05, 0.1) is 19.8 Å². The summed E-state index contributed by atoms with van der Waals surface area (Å²) in [5.74, 6) is -0.394. The second kappa shape index (κ2) is 13.1. The van der Waals surface area contributed by atoms with Gasteiger partial charge in [0.1, 0.15) is 0 Å². The molecule has 1 rings (SSSR count). The van der Waals surface area contributed by atoms with Crippen LogP contribution in [0.25, 0.3) is 0 Å². The Morgan fingerprint density at radius 1 is 1.53 bits per heavy atom. The van der Waals surface area contributed by atoms with Crippen LogP contribution in [0.4, 0.5) is 0 Å². The van der Waals surface area contributed by atoms with Crippen molar-refractivity contribution in [2.45, 2.75) is 26.9 Å². The fraction of sp³-hybridized carbons (Fsp3) is 0.727. The Labute approximate surface area is 92.2 Å². The van der Waals surface area contributed by atoms with E-state index in [4.69, 9.17) is 9.47 Å². The Morgan fingerprint density at radius 2 is 1.93 bits per heavy atom. The van der Waals surface area contributed by atoms with E-state index in [2.05, 4.69) is 18.2 Å². The van der Waals surface area contributed by atoms with E-state index >= 15 is 0 Å². The Balaban J connectivity index is 0. The van der Waals surface area contributed by atoms with E-state index in [1.807, 2.05) is 13.8 Å². The third kappa shape index (κ3) is 24.6. The average Bonchev–Trinajstić information content (AvgIpc) is 3.02. The first-order valence-corrected chi connectivity index (χ1v) is 5.01. The van der Waals surface area contributed by atoms with E-state index in [9.17, 15) is 4.79 Å². The van der Waals surface area contributed by atoms with Crippen LogP contribution in [0.2, 0.25) is 0 Å². The van der Waals surface area contributed by atoms with Gasteiger partial charge in [0, 0.05) is 19.3 Å². The van der Waals surface area contributed by atoms with Crippen molar-refractivity contribution in [1.29, 1.82) is 0 Å². The van der Waals surface area contributed by atoms with E-state index in [1.165, 1.54) is 7.11 Å². The molecule has 0 spiro atoms. The number of epoxide rings is 1. The van der Waals surface area contributed by atoms with Crippen LogP contribution in [-0.4, -0.2) is 39.0 Å². The third-order valence-corrected chi connectivity index (χ3v) is 1.28. The van der Waals surface area contributed by atoms with Gasteiger partial charge in [-0.05, 0) is 20.8 Å². The highest BCUT2D eigenvalue weighted by Crippen LogP contribution is 2.04. The second-order valence-electron chi connectivity index (χ2n) is 2.65. The van der Waals surface area contributed by atoms with Crippen LogP contribution in [0.5, 0.6) is 0 Å². The molecule has 1 fully saturated rings. The van der Waals surface area contributed by atoms with Gasteiger partial charge in [-0.3, -0.25) is 0 Å². The van der Waals surface area contributed by atoms with Crippen LogP contribution < -0.4 is 0 Å².